The van der Waals surface area contributed by atoms with Crippen molar-refractivity contribution < 1.29 is 9.13 Å². The molecule has 1 heterocycles. The fraction of sp³-hybridized carbons (Fsp3) is 0.625. The Hall–Kier alpha value is -0.640. The number of hydrogen-bond acceptors (Lipinski definition) is 2. The third kappa shape index (κ3) is 3.00. The summed E-state index contributed by atoms with van der Waals surface area (Å²) in [4.78, 5) is 0. The van der Waals surface area contributed by atoms with Crippen molar-refractivity contribution in [3.8, 4) is 0 Å². The molecule has 1 aromatic carbocycles. The van der Waals surface area contributed by atoms with Gasteiger partial charge in [0.2, 0.25) is 0 Å². The smallest absolute Gasteiger partial charge is 0.129 e. The standard InChI is InChI=1S/C16H21ClFNO/c17-14-3-1-4-15(18)13(14)11-19-12-5-8-16(9-6-12)7-2-10-20-16/h1,3-4,12,19H,2,5-11H2. The highest BCUT2D eigenvalue weighted by Gasteiger charge is 2.38. The zero-order valence-electron chi connectivity index (χ0n) is 11.6. The summed E-state index contributed by atoms with van der Waals surface area (Å²) in [6, 6.07) is 5.29. The van der Waals surface area contributed by atoms with Crippen LogP contribution in [0.2, 0.25) is 5.02 Å². The van der Waals surface area contributed by atoms with E-state index >= 15 is 0 Å². The largest absolute Gasteiger partial charge is 0.375 e. The molecule has 0 atom stereocenters. The molecule has 0 aromatic heterocycles. The average molecular weight is 298 g/mol. The topological polar surface area (TPSA) is 21.3 Å². The minimum atomic E-state index is -0.226. The molecule has 1 saturated carbocycles. The predicted octanol–water partition coefficient (Wildman–Crippen LogP) is 4.06. The van der Waals surface area contributed by atoms with Crippen LogP contribution in [-0.2, 0) is 11.3 Å². The van der Waals surface area contributed by atoms with Crippen molar-refractivity contribution >= 4 is 11.6 Å². The van der Waals surface area contributed by atoms with Crippen LogP contribution in [0.4, 0.5) is 4.39 Å². The Morgan fingerprint density at radius 1 is 1.30 bits per heavy atom. The quantitative estimate of drug-likeness (QED) is 0.908. The van der Waals surface area contributed by atoms with Crippen LogP contribution in [0.25, 0.3) is 0 Å². The highest BCUT2D eigenvalue weighted by Crippen LogP contribution is 2.39. The molecule has 1 N–H and O–H groups in total. The monoisotopic (exact) mass is 297 g/mol. The second-order valence-corrected chi connectivity index (χ2v) is 6.40. The summed E-state index contributed by atoms with van der Waals surface area (Å²) in [6.07, 6.45) is 6.85. The molecule has 1 aromatic rings. The maximum atomic E-state index is 13.7. The van der Waals surface area contributed by atoms with Crippen LogP contribution in [0.3, 0.4) is 0 Å². The van der Waals surface area contributed by atoms with Crippen LogP contribution in [0.15, 0.2) is 18.2 Å². The fourth-order valence-corrected chi connectivity index (χ4v) is 3.67. The maximum absolute atomic E-state index is 13.7. The van der Waals surface area contributed by atoms with Gasteiger partial charge < -0.3 is 10.1 Å². The lowest BCUT2D eigenvalue weighted by Crippen LogP contribution is -2.40. The van der Waals surface area contributed by atoms with Crippen molar-refractivity contribution in [2.24, 2.45) is 0 Å². The first kappa shape index (κ1) is 14.3. The van der Waals surface area contributed by atoms with Crippen LogP contribution < -0.4 is 5.32 Å². The summed E-state index contributed by atoms with van der Waals surface area (Å²) < 4.78 is 19.6. The van der Waals surface area contributed by atoms with Crippen LogP contribution >= 0.6 is 11.6 Å². The van der Waals surface area contributed by atoms with Crippen molar-refractivity contribution in [2.45, 2.75) is 56.7 Å². The first-order chi connectivity index (χ1) is 9.69. The molecule has 1 saturated heterocycles. The van der Waals surface area contributed by atoms with Crippen LogP contribution in [0.5, 0.6) is 0 Å². The molecule has 3 rings (SSSR count). The van der Waals surface area contributed by atoms with E-state index in [-0.39, 0.29) is 11.4 Å². The van der Waals surface area contributed by atoms with Gasteiger partial charge in [-0.15, -0.1) is 0 Å². The van der Waals surface area contributed by atoms with Gasteiger partial charge in [-0.2, -0.15) is 0 Å². The summed E-state index contributed by atoms with van der Waals surface area (Å²) in [5.74, 6) is -0.226. The van der Waals surface area contributed by atoms with E-state index in [0.29, 0.717) is 23.2 Å². The summed E-state index contributed by atoms with van der Waals surface area (Å²) in [6.45, 7) is 1.42. The van der Waals surface area contributed by atoms with E-state index in [1.165, 1.54) is 18.9 Å². The van der Waals surface area contributed by atoms with Crippen LogP contribution in [0.1, 0.15) is 44.1 Å². The molecule has 1 aliphatic carbocycles. The van der Waals surface area contributed by atoms with Crippen molar-refractivity contribution in [3.05, 3.63) is 34.6 Å². The van der Waals surface area contributed by atoms with Crippen LogP contribution in [0, 0.1) is 5.82 Å². The number of nitrogens with one attached hydrogen (secondary N) is 1. The summed E-state index contributed by atoms with van der Waals surface area (Å²) in [7, 11) is 0. The highest BCUT2D eigenvalue weighted by molar-refractivity contribution is 6.31. The lowest BCUT2D eigenvalue weighted by atomic mass is 9.80. The molecule has 1 spiro atoms. The first-order valence-corrected chi connectivity index (χ1v) is 7.87. The Kier molecular flexibility index (Phi) is 4.29. The van der Waals surface area contributed by atoms with Crippen molar-refractivity contribution in [1.82, 2.24) is 5.32 Å². The SMILES string of the molecule is Fc1cccc(Cl)c1CNC1CCC2(CCCO2)CC1. The molecule has 20 heavy (non-hydrogen) atoms. The Morgan fingerprint density at radius 2 is 2.10 bits per heavy atom. The molecule has 4 heteroatoms. The van der Waals surface area contributed by atoms with E-state index in [1.807, 2.05) is 0 Å². The molecule has 2 aliphatic rings. The second-order valence-electron chi connectivity index (χ2n) is 5.99. The van der Waals surface area contributed by atoms with Crippen molar-refractivity contribution in [3.63, 3.8) is 0 Å². The van der Waals surface area contributed by atoms with Gasteiger partial charge >= 0.3 is 0 Å². The van der Waals surface area contributed by atoms with Gasteiger partial charge in [-0.1, -0.05) is 17.7 Å². The van der Waals surface area contributed by atoms with Gasteiger partial charge in [0.25, 0.3) is 0 Å². The van der Waals surface area contributed by atoms with E-state index in [9.17, 15) is 4.39 Å². The fourth-order valence-electron chi connectivity index (χ4n) is 3.45. The Bertz CT molecular complexity index is 443. The maximum Gasteiger partial charge on any atom is 0.129 e. The second kappa shape index (κ2) is 6.00. The van der Waals surface area contributed by atoms with Crippen molar-refractivity contribution in [1.29, 1.82) is 0 Å². The molecular formula is C16H21ClFNO. The number of ether oxygens (including phenoxy) is 1. The third-order valence-electron chi connectivity index (χ3n) is 4.71. The summed E-state index contributed by atoms with van der Waals surface area (Å²) >= 11 is 6.05. The number of rotatable bonds is 3. The molecule has 110 valence electrons. The Morgan fingerprint density at radius 3 is 2.75 bits per heavy atom. The number of hydrogen-bond donors (Lipinski definition) is 1. The van der Waals surface area contributed by atoms with Gasteiger partial charge in [0.15, 0.2) is 0 Å². The minimum absolute atomic E-state index is 0.161. The van der Waals surface area contributed by atoms with Gasteiger partial charge in [-0.25, -0.2) is 4.39 Å². The zero-order chi connectivity index (χ0) is 14.0. The number of benzene rings is 1. The summed E-state index contributed by atoms with van der Waals surface area (Å²) in [5.41, 5.74) is 0.736. The Labute approximate surface area is 124 Å². The third-order valence-corrected chi connectivity index (χ3v) is 5.07. The lowest BCUT2D eigenvalue weighted by molar-refractivity contribution is -0.0302. The van der Waals surface area contributed by atoms with E-state index in [1.54, 1.807) is 12.1 Å². The van der Waals surface area contributed by atoms with Gasteiger partial charge in [0.1, 0.15) is 5.82 Å². The van der Waals surface area contributed by atoms with E-state index in [0.717, 1.165) is 32.3 Å². The van der Waals surface area contributed by atoms with E-state index < -0.39 is 0 Å². The van der Waals surface area contributed by atoms with Gasteiger partial charge in [-0.3, -0.25) is 0 Å². The lowest BCUT2D eigenvalue weighted by Gasteiger charge is -2.36. The van der Waals surface area contributed by atoms with E-state index in [2.05, 4.69) is 5.32 Å². The van der Waals surface area contributed by atoms with Crippen molar-refractivity contribution in [2.75, 3.05) is 6.61 Å². The Balaban J connectivity index is 1.53. The zero-order valence-corrected chi connectivity index (χ0v) is 12.4. The molecule has 1 aliphatic heterocycles. The molecular weight excluding hydrogens is 277 g/mol. The molecule has 0 amide bonds. The normalized spacial score (nSPS) is 30.0. The molecule has 0 bridgehead atoms. The average Bonchev–Trinajstić information content (AvgIpc) is 2.89. The predicted molar refractivity (Wildman–Crippen MR) is 78.4 cm³/mol. The minimum Gasteiger partial charge on any atom is -0.375 e. The van der Waals surface area contributed by atoms with Crippen LogP contribution in [-0.4, -0.2) is 18.2 Å². The van der Waals surface area contributed by atoms with Gasteiger partial charge in [0.05, 0.1) is 5.60 Å². The molecule has 2 fully saturated rings. The molecule has 0 unspecified atom stereocenters. The molecule has 0 radical (unpaired) electrons. The summed E-state index contributed by atoms with van der Waals surface area (Å²) in [5, 5.41) is 3.95. The van der Waals surface area contributed by atoms with E-state index in [4.69, 9.17) is 16.3 Å². The number of halogens is 2. The highest BCUT2D eigenvalue weighted by atomic mass is 35.5. The van der Waals surface area contributed by atoms with Gasteiger partial charge in [-0.05, 0) is 50.7 Å². The van der Waals surface area contributed by atoms with Gasteiger partial charge in [0, 0.05) is 29.8 Å². The molecule has 2 nitrogen and oxygen atoms in total. The first-order valence-electron chi connectivity index (χ1n) is 7.49.